The van der Waals surface area contributed by atoms with Gasteiger partial charge in [-0.1, -0.05) is 0 Å². The minimum absolute atomic E-state index is 0.225. The maximum atomic E-state index is 12.2. The van der Waals surface area contributed by atoms with Crippen molar-refractivity contribution in [3.63, 3.8) is 0 Å². The van der Waals surface area contributed by atoms with Crippen molar-refractivity contribution in [1.82, 2.24) is 0 Å². The zero-order chi connectivity index (χ0) is 20.1. The van der Waals surface area contributed by atoms with E-state index < -0.39 is 24.6 Å². The number of benzene rings is 2. The van der Waals surface area contributed by atoms with Gasteiger partial charge in [0, 0.05) is 0 Å². The molecule has 2 aromatic rings. The smallest absolute Gasteiger partial charge is 0.497 e. The monoisotopic (exact) mass is 414 g/mol. The number of methoxy groups -OCH3 is 2. The van der Waals surface area contributed by atoms with E-state index in [1.807, 2.05) is 0 Å². The second kappa shape index (κ2) is 8.08. The summed E-state index contributed by atoms with van der Waals surface area (Å²) in [5.41, 5.74) is 8.95. The zero-order valence-corrected chi connectivity index (χ0v) is 15.7. The summed E-state index contributed by atoms with van der Waals surface area (Å²) in [7, 11) is -7.21. The molecular formula is C15H14N2O8S2. The molecule has 0 aliphatic rings. The van der Waals surface area contributed by atoms with E-state index in [2.05, 4.69) is 13.2 Å². The SMILES string of the molecule is COc1ccc(OS(=O)(=O)C(=[N+]=[N-])S(=O)(=O)Oc2ccc(OC)cc2)cc1. The molecule has 0 aromatic heterocycles. The minimum Gasteiger partial charge on any atom is -0.497 e. The van der Waals surface area contributed by atoms with Gasteiger partial charge in [-0.2, -0.15) is 16.8 Å². The first-order valence-corrected chi connectivity index (χ1v) is 9.92. The lowest BCUT2D eigenvalue weighted by Crippen LogP contribution is -2.32. The maximum Gasteiger partial charge on any atom is 0.568 e. The largest absolute Gasteiger partial charge is 0.568 e. The average molecular weight is 414 g/mol. The second-order valence-corrected chi connectivity index (χ2v) is 7.97. The van der Waals surface area contributed by atoms with Crippen LogP contribution in [0.1, 0.15) is 0 Å². The summed E-state index contributed by atoms with van der Waals surface area (Å²) in [6.45, 7) is 0. The summed E-state index contributed by atoms with van der Waals surface area (Å²) in [5, 5.41) is 0. The third kappa shape index (κ3) is 4.97. The third-order valence-electron chi connectivity index (χ3n) is 3.04. The van der Waals surface area contributed by atoms with E-state index in [4.69, 9.17) is 15.0 Å². The number of hydrogen-bond acceptors (Lipinski definition) is 8. The van der Waals surface area contributed by atoms with Crippen LogP contribution in [0.3, 0.4) is 0 Å². The van der Waals surface area contributed by atoms with E-state index in [9.17, 15) is 16.8 Å². The minimum atomic E-state index is -5.01. The van der Waals surface area contributed by atoms with Crippen LogP contribution in [0, 0.1) is 0 Å². The van der Waals surface area contributed by atoms with Crippen molar-refractivity contribution >= 4 is 24.6 Å². The van der Waals surface area contributed by atoms with Gasteiger partial charge in [-0.25, -0.2) is 0 Å². The Balaban J connectivity index is 2.27. The maximum absolute atomic E-state index is 12.2. The fraction of sp³-hybridized carbons (Fsp3) is 0.133. The van der Waals surface area contributed by atoms with Crippen LogP contribution in [0.4, 0.5) is 0 Å². The lowest BCUT2D eigenvalue weighted by Gasteiger charge is -2.07. The van der Waals surface area contributed by atoms with Gasteiger partial charge in [-0.3, -0.25) is 0 Å². The van der Waals surface area contributed by atoms with Crippen molar-refractivity contribution in [3.05, 3.63) is 54.1 Å². The van der Waals surface area contributed by atoms with Crippen LogP contribution in [0.25, 0.3) is 5.53 Å². The highest BCUT2D eigenvalue weighted by atomic mass is 32.3. The first kappa shape index (κ1) is 20.2. The standard InChI is InChI=1S/C15H14N2O8S2/c1-22-11-3-7-13(8-4-11)24-26(18,19)15(17-16)27(20,21)25-14-9-5-12(23-2)6-10-14/h3-10H,1-2H3. The van der Waals surface area contributed by atoms with E-state index in [-0.39, 0.29) is 11.5 Å². The highest BCUT2D eigenvalue weighted by Gasteiger charge is 2.46. The van der Waals surface area contributed by atoms with Crippen molar-refractivity contribution in [2.75, 3.05) is 14.2 Å². The van der Waals surface area contributed by atoms with Gasteiger partial charge < -0.3 is 23.4 Å². The first-order chi connectivity index (χ1) is 12.7. The first-order valence-electron chi connectivity index (χ1n) is 7.11. The average Bonchev–Trinajstić information content (AvgIpc) is 2.62. The van der Waals surface area contributed by atoms with Crippen LogP contribution < -0.4 is 17.8 Å². The van der Waals surface area contributed by atoms with E-state index in [0.717, 1.165) is 0 Å². The number of nitrogens with zero attached hydrogens (tertiary/aromatic N) is 2. The van der Waals surface area contributed by atoms with Crippen molar-refractivity contribution in [1.29, 1.82) is 0 Å². The summed E-state index contributed by atoms with van der Waals surface area (Å²) >= 11 is 0. The molecule has 0 amide bonds. The molecular weight excluding hydrogens is 400 g/mol. The van der Waals surface area contributed by atoms with Gasteiger partial charge in [0.05, 0.1) is 14.2 Å². The zero-order valence-electron chi connectivity index (χ0n) is 14.1. The molecule has 0 heterocycles. The van der Waals surface area contributed by atoms with E-state index in [1.165, 1.54) is 62.8 Å². The Labute approximate surface area is 155 Å². The molecule has 0 aliphatic carbocycles. The number of ether oxygens (including phenoxy) is 2. The quantitative estimate of drug-likeness (QED) is 0.227. The Kier molecular flexibility index (Phi) is 6.05. The van der Waals surface area contributed by atoms with Crippen LogP contribution >= 0.6 is 0 Å². The molecule has 0 saturated heterocycles. The Morgan fingerprint density at radius 1 is 0.704 bits per heavy atom. The molecule has 0 spiro atoms. The summed E-state index contributed by atoms with van der Waals surface area (Å²) in [5.74, 6) is 0.394. The Morgan fingerprint density at radius 3 is 1.26 bits per heavy atom. The van der Waals surface area contributed by atoms with Crippen molar-refractivity contribution in [2.45, 2.75) is 0 Å². The molecule has 0 bridgehead atoms. The van der Waals surface area contributed by atoms with Crippen LogP contribution in [0.5, 0.6) is 23.0 Å². The molecule has 0 atom stereocenters. The highest BCUT2D eigenvalue weighted by molar-refractivity contribution is 8.27. The summed E-state index contributed by atoms with van der Waals surface area (Å²) in [6, 6.07) is 10.5. The van der Waals surface area contributed by atoms with Crippen molar-refractivity contribution < 1.29 is 39.5 Å². The Hall–Kier alpha value is -3.08. The fourth-order valence-corrected chi connectivity index (χ4v) is 4.09. The van der Waals surface area contributed by atoms with Gasteiger partial charge in [0.2, 0.25) is 0 Å². The molecule has 12 heteroatoms. The Bertz CT molecular complexity index is 974. The van der Waals surface area contributed by atoms with Crippen LogP contribution in [0.2, 0.25) is 0 Å². The van der Waals surface area contributed by atoms with Crippen LogP contribution in [-0.2, 0) is 20.2 Å². The van der Waals surface area contributed by atoms with Gasteiger partial charge in [-0.05, 0) is 48.5 Å². The highest BCUT2D eigenvalue weighted by Crippen LogP contribution is 2.22. The molecule has 0 radical (unpaired) electrons. The lowest BCUT2D eigenvalue weighted by atomic mass is 10.3. The van der Waals surface area contributed by atoms with Gasteiger partial charge in [0.25, 0.3) is 0 Å². The van der Waals surface area contributed by atoms with Gasteiger partial charge in [0.1, 0.15) is 23.0 Å². The molecule has 0 saturated carbocycles. The molecule has 2 rings (SSSR count). The fourth-order valence-electron chi connectivity index (χ4n) is 1.81. The van der Waals surface area contributed by atoms with Gasteiger partial charge >= 0.3 is 24.6 Å². The number of rotatable bonds is 6. The number of hydrogen-bond donors (Lipinski definition) is 0. The molecule has 0 N–H and O–H groups in total. The molecule has 2 aromatic carbocycles. The van der Waals surface area contributed by atoms with Crippen molar-refractivity contribution in [2.24, 2.45) is 0 Å². The molecule has 144 valence electrons. The summed E-state index contributed by atoms with van der Waals surface area (Å²) < 4.78 is 66.2. The lowest BCUT2D eigenvalue weighted by molar-refractivity contribution is 0.00269. The van der Waals surface area contributed by atoms with Crippen molar-refractivity contribution in [3.8, 4) is 23.0 Å². The van der Waals surface area contributed by atoms with E-state index in [0.29, 0.717) is 11.5 Å². The van der Waals surface area contributed by atoms with E-state index >= 15 is 0 Å². The second-order valence-electron chi connectivity index (χ2n) is 4.79. The molecule has 0 unspecified atom stereocenters. The van der Waals surface area contributed by atoms with Crippen LogP contribution in [0.15, 0.2) is 48.5 Å². The van der Waals surface area contributed by atoms with Crippen LogP contribution in [-0.4, -0.2) is 40.2 Å². The molecule has 27 heavy (non-hydrogen) atoms. The van der Waals surface area contributed by atoms with Gasteiger partial charge in [-0.15, -0.1) is 4.79 Å². The third-order valence-corrected chi connectivity index (χ3v) is 6.11. The van der Waals surface area contributed by atoms with Gasteiger partial charge in [0.15, 0.2) is 0 Å². The summed E-state index contributed by atoms with van der Waals surface area (Å²) in [4.78, 5) is 2.33. The van der Waals surface area contributed by atoms with E-state index in [1.54, 1.807) is 0 Å². The predicted molar refractivity (Wildman–Crippen MR) is 93.7 cm³/mol. The normalized spacial score (nSPS) is 11.2. The Morgan fingerprint density at radius 2 is 1.00 bits per heavy atom. The molecule has 10 nitrogen and oxygen atoms in total. The predicted octanol–water partition coefficient (Wildman–Crippen LogP) is 1.41. The molecule has 0 fully saturated rings. The topological polar surface area (TPSA) is 142 Å². The summed E-state index contributed by atoms with van der Waals surface area (Å²) in [6.07, 6.45) is 0. The molecule has 0 aliphatic heterocycles.